The molecule has 8 aromatic rings. The summed E-state index contributed by atoms with van der Waals surface area (Å²) >= 11 is 1.99. The Hall–Kier alpha value is -5.52. The van der Waals surface area contributed by atoms with Gasteiger partial charge in [-0.2, -0.15) is 0 Å². The summed E-state index contributed by atoms with van der Waals surface area (Å²) in [5.41, 5.74) is 19.4. The Morgan fingerprint density at radius 2 is 0.903 bits per heavy atom. The lowest BCUT2D eigenvalue weighted by Gasteiger charge is -2.44. The van der Waals surface area contributed by atoms with Crippen LogP contribution in [0.3, 0.4) is 0 Å². The smallest absolute Gasteiger partial charge is 0.264 e. The molecule has 6 aromatic carbocycles. The molecule has 4 heterocycles. The van der Waals surface area contributed by atoms with Crippen molar-refractivity contribution in [3.05, 3.63) is 155 Å². The van der Waals surface area contributed by atoms with Crippen LogP contribution in [0.4, 0.5) is 34.1 Å². The molecule has 5 heteroatoms. The second-order valence-corrected chi connectivity index (χ2v) is 23.0. The standard InChI is InChI=1S/C57H60BN3S/c1-35-51-52(62-53(35)61-45-20-16-14-18-42(45)43-19-15-17-21-46(43)61)58-44-32-38(56(8,9)10)26-31-47(44)59(40-27-22-36(23-28-40)54(2,3)4)48-33-39(57(11,12)13)34-49(50(48)58)60(51)41-29-24-37(25-30-41)55(5,6)7/h14-34H,1-13H3. The van der Waals surface area contributed by atoms with E-state index >= 15 is 0 Å². The third-order valence-corrected chi connectivity index (χ3v) is 14.9. The third kappa shape index (κ3) is 6.28. The van der Waals surface area contributed by atoms with Crippen molar-refractivity contribution in [3.63, 3.8) is 0 Å². The first-order chi connectivity index (χ1) is 29.2. The number of hydrogen-bond acceptors (Lipinski definition) is 3. The monoisotopic (exact) mass is 829 g/mol. The number of rotatable bonds is 3. The topological polar surface area (TPSA) is 11.4 Å². The molecular formula is C57H60BN3S. The number of fused-ring (bicyclic) bond motifs is 7. The molecule has 0 N–H and O–H groups in total. The fourth-order valence-corrected chi connectivity index (χ4v) is 11.4. The summed E-state index contributed by atoms with van der Waals surface area (Å²) in [6.07, 6.45) is 0. The van der Waals surface area contributed by atoms with Gasteiger partial charge >= 0.3 is 0 Å². The molecule has 0 bridgehead atoms. The van der Waals surface area contributed by atoms with E-state index in [2.05, 4.69) is 232 Å². The van der Waals surface area contributed by atoms with Crippen LogP contribution in [0, 0.1) is 6.92 Å². The molecule has 0 saturated heterocycles. The number of para-hydroxylation sites is 2. The zero-order valence-corrected chi connectivity index (χ0v) is 39.8. The molecule has 312 valence electrons. The lowest BCUT2D eigenvalue weighted by molar-refractivity contribution is 0.589. The first kappa shape index (κ1) is 40.6. The van der Waals surface area contributed by atoms with Gasteiger partial charge in [-0.3, -0.25) is 0 Å². The minimum Gasteiger partial charge on any atom is -0.311 e. The highest BCUT2D eigenvalue weighted by molar-refractivity contribution is 7.31. The van der Waals surface area contributed by atoms with Gasteiger partial charge in [0.25, 0.3) is 6.71 Å². The van der Waals surface area contributed by atoms with Crippen molar-refractivity contribution in [1.29, 1.82) is 0 Å². The molecule has 0 saturated carbocycles. The molecule has 2 aliphatic heterocycles. The number of nitrogens with zero attached hydrogens (tertiary/aromatic N) is 3. The molecule has 0 radical (unpaired) electrons. The summed E-state index contributed by atoms with van der Waals surface area (Å²) in [4.78, 5) is 5.22. The van der Waals surface area contributed by atoms with Crippen LogP contribution in [-0.2, 0) is 21.7 Å². The van der Waals surface area contributed by atoms with Crippen LogP contribution in [0.25, 0.3) is 26.8 Å². The van der Waals surface area contributed by atoms with Gasteiger partial charge in [-0.15, -0.1) is 11.3 Å². The SMILES string of the molecule is Cc1c(-n2c3ccccc3c3ccccc32)sc2c1N(c1ccc(C(C)(C)C)cc1)c1cc(C(C)(C)C)cc3c1B2c1cc(C(C)(C)C)ccc1N3c1ccc(C(C)(C)C)cc1. The zero-order valence-electron chi connectivity index (χ0n) is 39.0. The van der Waals surface area contributed by atoms with Gasteiger partial charge in [0, 0.05) is 49.5 Å². The second kappa shape index (κ2) is 13.7. The van der Waals surface area contributed by atoms with Crippen LogP contribution in [-0.4, -0.2) is 11.3 Å². The van der Waals surface area contributed by atoms with E-state index in [0.717, 1.165) is 0 Å². The first-order valence-electron chi connectivity index (χ1n) is 22.5. The van der Waals surface area contributed by atoms with E-state index in [1.165, 1.54) is 104 Å². The van der Waals surface area contributed by atoms with E-state index < -0.39 is 0 Å². The second-order valence-electron chi connectivity index (χ2n) is 22.0. The quantitative estimate of drug-likeness (QED) is 0.164. The fraction of sp³-hybridized carbons (Fsp3) is 0.298. The predicted octanol–water partition coefficient (Wildman–Crippen LogP) is 14.4. The van der Waals surface area contributed by atoms with Crippen LogP contribution in [0.5, 0.6) is 0 Å². The van der Waals surface area contributed by atoms with Gasteiger partial charge in [0.15, 0.2) is 0 Å². The molecule has 3 nitrogen and oxygen atoms in total. The normalized spacial score (nSPS) is 14.1. The van der Waals surface area contributed by atoms with E-state index in [9.17, 15) is 0 Å². The zero-order chi connectivity index (χ0) is 43.8. The maximum absolute atomic E-state index is 2.63. The summed E-state index contributed by atoms with van der Waals surface area (Å²) in [5.74, 6) is 0. The molecule has 0 fully saturated rings. The first-order valence-corrected chi connectivity index (χ1v) is 23.3. The van der Waals surface area contributed by atoms with Gasteiger partial charge in [-0.25, -0.2) is 0 Å². The lowest BCUT2D eigenvalue weighted by atomic mass is 9.36. The van der Waals surface area contributed by atoms with Crippen molar-refractivity contribution in [1.82, 2.24) is 4.57 Å². The van der Waals surface area contributed by atoms with E-state index in [0.29, 0.717) is 0 Å². The Morgan fingerprint density at radius 1 is 0.452 bits per heavy atom. The highest BCUT2D eigenvalue weighted by Crippen LogP contribution is 2.50. The van der Waals surface area contributed by atoms with E-state index in [-0.39, 0.29) is 28.4 Å². The van der Waals surface area contributed by atoms with Crippen LogP contribution >= 0.6 is 11.3 Å². The van der Waals surface area contributed by atoms with E-state index in [1.807, 2.05) is 11.3 Å². The third-order valence-electron chi connectivity index (χ3n) is 13.6. The summed E-state index contributed by atoms with van der Waals surface area (Å²) in [6.45, 7) is 30.4. The summed E-state index contributed by atoms with van der Waals surface area (Å²) in [5, 5.41) is 3.85. The van der Waals surface area contributed by atoms with Gasteiger partial charge in [0.2, 0.25) is 0 Å². The van der Waals surface area contributed by atoms with Crippen molar-refractivity contribution >= 4 is 89.7 Å². The molecule has 0 aliphatic carbocycles. The number of benzene rings is 6. The lowest BCUT2D eigenvalue weighted by Crippen LogP contribution is -2.60. The van der Waals surface area contributed by atoms with Crippen molar-refractivity contribution in [3.8, 4) is 5.00 Å². The largest absolute Gasteiger partial charge is 0.311 e. The Bertz CT molecular complexity index is 3010. The van der Waals surface area contributed by atoms with Gasteiger partial charge < -0.3 is 14.4 Å². The summed E-state index contributed by atoms with van der Waals surface area (Å²) in [7, 11) is 0. The van der Waals surface area contributed by atoms with Gasteiger partial charge in [0.1, 0.15) is 5.00 Å². The fourth-order valence-electron chi connectivity index (χ4n) is 9.97. The minimum atomic E-state index is -0.0982. The van der Waals surface area contributed by atoms with Gasteiger partial charge in [-0.1, -0.05) is 156 Å². The van der Waals surface area contributed by atoms with Crippen LogP contribution in [0.15, 0.2) is 127 Å². The predicted molar refractivity (Wildman–Crippen MR) is 272 cm³/mol. The van der Waals surface area contributed by atoms with Crippen molar-refractivity contribution in [2.75, 3.05) is 9.80 Å². The Kier molecular flexibility index (Phi) is 8.99. The number of aromatic nitrogens is 1. The Balaban J connectivity index is 1.34. The average Bonchev–Trinajstić information content (AvgIpc) is 3.73. The maximum Gasteiger partial charge on any atom is 0.264 e. The molecule has 0 spiro atoms. The molecule has 0 atom stereocenters. The van der Waals surface area contributed by atoms with Gasteiger partial charge in [0.05, 0.1) is 16.7 Å². The van der Waals surface area contributed by atoms with Crippen molar-refractivity contribution in [2.45, 2.75) is 112 Å². The van der Waals surface area contributed by atoms with Crippen molar-refractivity contribution < 1.29 is 0 Å². The molecular weight excluding hydrogens is 770 g/mol. The molecule has 0 amide bonds. The van der Waals surface area contributed by atoms with Crippen LogP contribution in [0.1, 0.15) is 111 Å². The number of thiophene rings is 1. The van der Waals surface area contributed by atoms with Crippen LogP contribution in [0.2, 0.25) is 0 Å². The van der Waals surface area contributed by atoms with E-state index in [1.54, 1.807) is 0 Å². The molecule has 10 rings (SSSR count). The maximum atomic E-state index is 2.63. The van der Waals surface area contributed by atoms with Gasteiger partial charge in [-0.05, 0) is 116 Å². The number of hydrogen-bond donors (Lipinski definition) is 0. The summed E-state index contributed by atoms with van der Waals surface area (Å²) in [6, 6.07) is 49.1. The Morgan fingerprint density at radius 3 is 1.40 bits per heavy atom. The Labute approximate surface area is 374 Å². The molecule has 62 heavy (non-hydrogen) atoms. The molecule has 2 aromatic heterocycles. The number of anilines is 6. The molecule has 0 unspecified atom stereocenters. The van der Waals surface area contributed by atoms with Crippen molar-refractivity contribution in [2.24, 2.45) is 0 Å². The molecule has 2 aliphatic rings. The van der Waals surface area contributed by atoms with E-state index in [4.69, 9.17) is 0 Å². The highest BCUT2D eigenvalue weighted by Gasteiger charge is 2.47. The minimum absolute atomic E-state index is 0.0226. The van der Waals surface area contributed by atoms with Crippen LogP contribution < -0.4 is 25.5 Å². The average molecular weight is 830 g/mol. The summed E-state index contributed by atoms with van der Waals surface area (Å²) < 4.78 is 3.94. The highest BCUT2D eigenvalue weighted by atomic mass is 32.1.